The highest BCUT2D eigenvalue weighted by Gasteiger charge is 2.34. The summed E-state index contributed by atoms with van der Waals surface area (Å²) in [6.45, 7) is 2.96. The zero-order valence-corrected chi connectivity index (χ0v) is 15.1. The van der Waals surface area contributed by atoms with Crippen LogP contribution in [0, 0.1) is 12.8 Å². The topological polar surface area (TPSA) is 49.4 Å². The fourth-order valence-electron chi connectivity index (χ4n) is 2.62. The second kappa shape index (κ2) is 6.84. The molecule has 1 N–H and O–H groups in total. The van der Waals surface area contributed by atoms with Gasteiger partial charge in [-0.3, -0.25) is 9.59 Å². The number of rotatable bonds is 4. The summed E-state index contributed by atoms with van der Waals surface area (Å²) >= 11 is 5.00. The summed E-state index contributed by atoms with van der Waals surface area (Å²) in [5.41, 5.74) is 2.01. The average Bonchev–Trinajstić information content (AvgIpc) is 3.12. The van der Waals surface area contributed by atoms with Crippen LogP contribution < -0.4 is 10.2 Å². The summed E-state index contributed by atoms with van der Waals surface area (Å²) in [5.74, 6) is -0.336. The fraction of sp³-hybridized carbons (Fsp3) is 0.294. The maximum absolute atomic E-state index is 12.3. The second-order valence-electron chi connectivity index (χ2n) is 5.66. The van der Waals surface area contributed by atoms with Crippen LogP contribution in [-0.4, -0.2) is 18.4 Å². The highest BCUT2D eigenvalue weighted by atomic mass is 79.9. The first-order valence-electron chi connectivity index (χ1n) is 7.42. The standard InChI is InChI=1S/C17H17BrN2O2S/c1-11-2-4-13(5-3-11)20-10-12(8-16(20)21)17(22)19-9-14-6-7-15(18)23-14/h2-7,12H,8-10H2,1H3,(H,19,22). The normalized spacial score (nSPS) is 17.6. The molecule has 2 amide bonds. The highest BCUT2D eigenvalue weighted by Crippen LogP contribution is 2.26. The molecule has 3 rings (SSSR count). The van der Waals surface area contributed by atoms with E-state index in [4.69, 9.17) is 0 Å². The second-order valence-corrected chi connectivity index (χ2v) is 8.21. The largest absolute Gasteiger partial charge is 0.351 e. The molecule has 6 heteroatoms. The lowest BCUT2D eigenvalue weighted by atomic mass is 10.1. The van der Waals surface area contributed by atoms with Crippen LogP contribution in [0.2, 0.25) is 0 Å². The van der Waals surface area contributed by atoms with Gasteiger partial charge < -0.3 is 10.2 Å². The summed E-state index contributed by atoms with van der Waals surface area (Å²) in [7, 11) is 0. The van der Waals surface area contributed by atoms with E-state index in [9.17, 15) is 9.59 Å². The van der Waals surface area contributed by atoms with E-state index < -0.39 is 0 Å². The molecule has 1 saturated heterocycles. The van der Waals surface area contributed by atoms with E-state index in [-0.39, 0.29) is 24.2 Å². The number of halogens is 1. The van der Waals surface area contributed by atoms with Gasteiger partial charge in [0.1, 0.15) is 0 Å². The molecule has 0 saturated carbocycles. The Morgan fingerprint density at radius 3 is 2.70 bits per heavy atom. The molecule has 1 aromatic carbocycles. The molecule has 1 fully saturated rings. The van der Waals surface area contributed by atoms with Gasteiger partial charge in [0.25, 0.3) is 0 Å². The predicted octanol–water partition coefficient (Wildman–Crippen LogP) is 3.49. The Morgan fingerprint density at radius 2 is 2.04 bits per heavy atom. The number of hydrogen-bond donors (Lipinski definition) is 1. The number of anilines is 1. The Morgan fingerprint density at radius 1 is 1.30 bits per heavy atom. The maximum atomic E-state index is 12.3. The van der Waals surface area contributed by atoms with Gasteiger partial charge in [-0.05, 0) is 47.1 Å². The molecule has 0 radical (unpaired) electrons. The van der Waals surface area contributed by atoms with Crippen molar-refractivity contribution in [3.05, 3.63) is 50.6 Å². The monoisotopic (exact) mass is 392 g/mol. The van der Waals surface area contributed by atoms with Crippen molar-refractivity contribution in [2.24, 2.45) is 5.92 Å². The molecule has 1 aliphatic heterocycles. The van der Waals surface area contributed by atoms with Crippen molar-refractivity contribution < 1.29 is 9.59 Å². The minimum Gasteiger partial charge on any atom is -0.351 e. The van der Waals surface area contributed by atoms with Crippen molar-refractivity contribution in [2.75, 3.05) is 11.4 Å². The number of carbonyl (C=O) groups excluding carboxylic acids is 2. The van der Waals surface area contributed by atoms with Gasteiger partial charge in [-0.25, -0.2) is 0 Å². The van der Waals surface area contributed by atoms with Gasteiger partial charge in [0.15, 0.2) is 0 Å². The quantitative estimate of drug-likeness (QED) is 0.865. The maximum Gasteiger partial charge on any atom is 0.227 e. The highest BCUT2D eigenvalue weighted by molar-refractivity contribution is 9.11. The van der Waals surface area contributed by atoms with Crippen LogP contribution in [0.1, 0.15) is 16.9 Å². The molecule has 4 nitrogen and oxygen atoms in total. The fourth-order valence-corrected chi connectivity index (χ4v) is 4.05. The lowest BCUT2D eigenvalue weighted by Gasteiger charge is -2.16. The number of benzene rings is 1. The third-order valence-corrected chi connectivity index (χ3v) is 5.53. The van der Waals surface area contributed by atoms with E-state index in [0.717, 1.165) is 19.9 Å². The summed E-state index contributed by atoms with van der Waals surface area (Å²) in [6, 6.07) is 11.8. The van der Waals surface area contributed by atoms with E-state index in [0.29, 0.717) is 13.1 Å². The number of hydrogen-bond acceptors (Lipinski definition) is 3. The third-order valence-electron chi connectivity index (χ3n) is 3.91. The number of nitrogens with one attached hydrogen (secondary N) is 1. The summed E-state index contributed by atoms with van der Waals surface area (Å²) in [6.07, 6.45) is 0.272. The van der Waals surface area contributed by atoms with E-state index in [1.807, 2.05) is 43.3 Å². The smallest absolute Gasteiger partial charge is 0.227 e. The number of carbonyl (C=O) groups is 2. The number of thiophene rings is 1. The molecule has 1 aromatic heterocycles. The minimum absolute atomic E-state index is 0.00729. The van der Waals surface area contributed by atoms with Gasteiger partial charge in [0.05, 0.1) is 16.2 Å². The molecule has 0 bridgehead atoms. The molecular weight excluding hydrogens is 376 g/mol. The molecule has 2 heterocycles. The first-order valence-corrected chi connectivity index (χ1v) is 9.03. The van der Waals surface area contributed by atoms with Crippen molar-refractivity contribution in [3.63, 3.8) is 0 Å². The molecule has 1 aliphatic rings. The van der Waals surface area contributed by atoms with Gasteiger partial charge in [0, 0.05) is 23.5 Å². The summed E-state index contributed by atoms with van der Waals surface area (Å²) in [4.78, 5) is 27.3. The molecular formula is C17H17BrN2O2S. The minimum atomic E-state index is -0.285. The van der Waals surface area contributed by atoms with E-state index >= 15 is 0 Å². The molecule has 23 heavy (non-hydrogen) atoms. The van der Waals surface area contributed by atoms with E-state index in [1.54, 1.807) is 16.2 Å². The van der Waals surface area contributed by atoms with Gasteiger partial charge in [-0.2, -0.15) is 0 Å². The van der Waals surface area contributed by atoms with Crippen LogP contribution >= 0.6 is 27.3 Å². The van der Waals surface area contributed by atoms with Gasteiger partial charge in [-0.1, -0.05) is 17.7 Å². The third kappa shape index (κ3) is 3.82. The number of nitrogens with zero attached hydrogens (tertiary/aromatic N) is 1. The lowest BCUT2D eigenvalue weighted by Crippen LogP contribution is -2.32. The van der Waals surface area contributed by atoms with Crippen molar-refractivity contribution in [1.82, 2.24) is 5.32 Å². The molecule has 0 spiro atoms. The zero-order valence-electron chi connectivity index (χ0n) is 12.7. The van der Waals surface area contributed by atoms with Gasteiger partial charge in [0.2, 0.25) is 11.8 Å². The van der Waals surface area contributed by atoms with Crippen LogP contribution in [-0.2, 0) is 16.1 Å². The predicted molar refractivity (Wildman–Crippen MR) is 95.5 cm³/mol. The van der Waals surface area contributed by atoms with Crippen LogP contribution in [0.3, 0.4) is 0 Å². The van der Waals surface area contributed by atoms with Crippen LogP contribution in [0.25, 0.3) is 0 Å². The van der Waals surface area contributed by atoms with Gasteiger partial charge >= 0.3 is 0 Å². The zero-order chi connectivity index (χ0) is 16.4. The Bertz CT molecular complexity index is 726. The van der Waals surface area contributed by atoms with Crippen molar-refractivity contribution in [3.8, 4) is 0 Å². The van der Waals surface area contributed by atoms with Gasteiger partial charge in [-0.15, -0.1) is 11.3 Å². The SMILES string of the molecule is Cc1ccc(N2CC(C(=O)NCc3ccc(Br)s3)CC2=O)cc1. The Kier molecular flexibility index (Phi) is 4.82. The van der Waals surface area contributed by atoms with Crippen molar-refractivity contribution in [2.45, 2.75) is 19.9 Å². The molecule has 2 aromatic rings. The van der Waals surface area contributed by atoms with Crippen LogP contribution in [0.15, 0.2) is 40.2 Å². The summed E-state index contributed by atoms with van der Waals surface area (Å²) in [5, 5.41) is 2.93. The van der Waals surface area contributed by atoms with Crippen LogP contribution in [0.4, 0.5) is 5.69 Å². The molecule has 1 atom stereocenters. The molecule has 0 aliphatic carbocycles. The van der Waals surface area contributed by atoms with E-state index in [2.05, 4.69) is 21.2 Å². The Hall–Kier alpha value is -1.66. The first kappa shape index (κ1) is 16.2. The van der Waals surface area contributed by atoms with E-state index in [1.165, 1.54) is 0 Å². The molecule has 1 unspecified atom stereocenters. The van der Waals surface area contributed by atoms with Crippen LogP contribution in [0.5, 0.6) is 0 Å². The Balaban J connectivity index is 1.60. The summed E-state index contributed by atoms with van der Waals surface area (Å²) < 4.78 is 1.04. The Labute approximate surface area is 147 Å². The van der Waals surface area contributed by atoms with Crippen molar-refractivity contribution >= 4 is 44.8 Å². The molecule has 120 valence electrons. The average molecular weight is 393 g/mol. The number of aryl methyl sites for hydroxylation is 1. The lowest BCUT2D eigenvalue weighted by molar-refractivity contribution is -0.126. The first-order chi connectivity index (χ1) is 11.0. The van der Waals surface area contributed by atoms with Crippen molar-refractivity contribution in [1.29, 1.82) is 0 Å². The number of amides is 2.